The molecule has 7 heteroatoms. The first kappa shape index (κ1) is 17.7. The fourth-order valence-corrected chi connectivity index (χ4v) is 4.52. The average molecular weight is 385 g/mol. The predicted molar refractivity (Wildman–Crippen MR) is 112 cm³/mol. The van der Waals surface area contributed by atoms with Gasteiger partial charge in [-0.25, -0.2) is 9.50 Å². The van der Waals surface area contributed by atoms with Gasteiger partial charge < -0.3 is 10.3 Å². The standard InChI is InChI=1S/C22H23N7/c1-14-10-16(11-23)4-7-19(14)25-12-15-2-5-17(6-3-15)20-21-18-8-9-24-22(18)26-13-29(21)28-27-20/h4,7-10,13,15,17,24-25H,2-3,5-6,12H2,1H3. The highest BCUT2D eigenvalue weighted by molar-refractivity contribution is 5.92. The van der Waals surface area contributed by atoms with Crippen LogP contribution in [-0.2, 0) is 0 Å². The summed E-state index contributed by atoms with van der Waals surface area (Å²) in [6, 6.07) is 10.1. The van der Waals surface area contributed by atoms with E-state index in [9.17, 15) is 0 Å². The molecule has 1 aliphatic carbocycles. The second-order valence-corrected chi connectivity index (χ2v) is 7.99. The molecule has 1 saturated carbocycles. The number of nitriles is 1. The summed E-state index contributed by atoms with van der Waals surface area (Å²) in [5, 5.41) is 22.5. The molecule has 5 rings (SSSR count). The van der Waals surface area contributed by atoms with Crippen molar-refractivity contribution in [2.24, 2.45) is 5.92 Å². The molecule has 3 aromatic heterocycles. The largest absolute Gasteiger partial charge is 0.385 e. The van der Waals surface area contributed by atoms with Gasteiger partial charge in [-0.3, -0.25) is 0 Å². The molecule has 1 aliphatic rings. The molecule has 0 saturated heterocycles. The molecule has 0 aliphatic heterocycles. The first-order valence-corrected chi connectivity index (χ1v) is 10.1. The second kappa shape index (κ2) is 7.21. The smallest absolute Gasteiger partial charge is 0.141 e. The van der Waals surface area contributed by atoms with Crippen LogP contribution in [0.4, 0.5) is 5.69 Å². The number of aryl methyl sites for hydroxylation is 1. The van der Waals surface area contributed by atoms with Gasteiger partial charge in [-0.2, -0.15) is 5.26 Å². The van der Waals surface area contributed by atoms with Crippen molar-refractivity contribution < 1.29 is 0 Å². The van der Waals surface area contributed by atoms with E-state index in [1.54, 1.807) is 10.8 Å². The molecule has 1 aromatic carbocycles. The number of H-pyrrole nitrogens is 1. The predicted octanol–water partition coefficient (Wildman–Crippen LogP) is 4.17. The van der Waals surface area contributed by atoms with Crippen LogP contribution in [-0.4, -0.2) is 31.3 Å². The normalized spacial score (nSPS) is 19.4. The van der Waals surface area contributed by atoms with Crippen LogP contribution in [0.3, 0.4) is 0 Å². The minimum absolute atomic E-state index is 0.445. The number of hydrogen-bond donors (Lipinski definition) is 2. The number of nitrogens with one attached hydrogen (secondary N) is 2. The Bertz CT molecular complexity index is 1210. The Morgan fingerprint density at radius 1 is 1.24 bits per heavy atom. The van der Waals surface area contributed by atoms with E-state index in [1.807, 2.05) is 31.3 Å². The SMILES string of the molecule is Cc1cc(C#N)ccc1NCC1CCC(c2nnn3cnc4[nH]ccc4c23)CC1. The topological polar surface area (TPSA) is 94.7 Å². The quantitative estimate of drug-likeness (QED) is 0.550. The molecule has 0 unspecified atom stereocenters. The zero-order valence-electron chi connectivity index (χ0n) is 16.4. The fourth-order valence-electron chi connectivity index (χ4n) is 4.52. The van der Waals surface area contributed by atoms with Gasteiger partial charge >= 0.3 is 0 Å². The maximum absolute atomic E-state index is 9.02. The lowest BCUT2D eigenvalue weighted by atomic mass is 9.80. The third kappa shape index (κ3) is 3.21. The number of aromatic nitrogens is 5. The van der Waals surface area contributed by atoms with Crippen LogP contribution in [0.1, 0.15) is 48.4 Å². The van der Waals surface area contributed by atoms with E-state index in [4.69, 9.17) is 5.26 Å². The number of anilines is 1. The molecule has 0 radical (unpaired) electrons. The maximum atomic E-state index is 9.02. The van der Waals surface area contributed by atoms with Crippen LogP contribution in [0.2, 0.25) is 0 Å². The van der Waals surface area contributed by atoms with Gasteiger partial charge in [0.05, 0.1) is 17.3 Å². The van der Waals surface area contributed by atoms with Gasteiger partial charge in [0.15, 0.2) is 0 Å². The van der Waals surface area contributed by atoms with Crippen molar-refractivity contribution in [3.8, 4) is 6.07 Å². The summed E-state index contributed by atoms with van der Waals surface area (Å²) >= 11 is 0. The minimum Gasteiger partial charge on any atom is -0.385 e. The van der Waals surface area contributed by atoms with Crippen molar-refractivity contribution in [3.05, 3.63) is 53.6 Å². The Morgan fingerprint density at radius 2 is 2.10 bits per heavy atom. The molecule has 146 valence electrons. The molecule has 0 spiro atoms. The number of fused-ring (bicyclic) bond motifs is 3. The molecular weight excluding hydrogens is 362 g/mol. The Balaban J connectivity index is 1.26. The van der Waals surface area contributed by atoms with E-state index < -0.39 is 0 Å². The zero-order chi connectivity index (χ0) is 19.8. The number of nitrogens with zero attached hydrogens (tertiary/aromatic N) is 5. The first-order chi connectivity index (χ1) is 14.2. The van der Waals surface area contributed by atoms with Gasteiger partial charge in [0.2, 0.25) is 0 Å². The molecule has 0 atom stereocenters. The van der Waals surface area contributed by atoms with Crippen molar-refractivity contribution >= 4 is 22.2 Å². The second-order valence-electron chi connectivity index (χ2n) is 7.99. The Labute approximate surface area is 168 Å². The lowest BCUT2D eigenvalue weighted by Gasteiger charge is -2.28. The molecule has 0 amide bonds. The number of rotatable bonds is 4. The Kier molecular flexibility index (Phi) is 4.39. The maximum Gasteiger partial charge on any atom is 0.141 e. The molecule has 7 nitrogen and oxygen atoms in total. The van der Waals surface area contributed by atoms with Crippen LogP contribution >= 0.6 is 0 Å². The third-order valence-corrected chi connectivity index (χ3v) is 6.17. The third-order valence-electron chi connectivity index (χ3n) is 6.17. The van der Waals surface area contributed by atoms with Crippen molar-refractivity contribution in [2.45, 2.75) is 38.5 Å². The van der Waals surface area contributed by atoms with Gasteiger partial charge in [0, 0.05) is 29.7 Å². The van der Waals surface area contributed by atoms with E-state index >= 15 is 0 Å². The van der Waals surface area contributed by atoms with Gasteiger partial charge in [-0.15, -0.1) is 5.10 Å². The zero-order valence-corrected chi connectivity index (χ0v) is 16.4. The number of aromatic amines is 1. The van der Waals surface area contributed by atoms with Crippen molar-refractivity contribution in [1.29, 1.82) is 5.26 Å². The van der Waals surface area contributed by atoms with Crippen LogP contribution in [0.25, 0.3) is 16.6 Å². The van der Waals surface area contributed by atoms with Crippen LogP contribution in [0, 0.1) is 24.2 Å². The van der Waals surface area contributed by atoms with Gasteiger partial charge in [0.1, 0.15) is 17.5 Å². The Hall–Kier alpha value is -3.40. The van der Waals surface area contributed by atoms with Gasteiger partial charge in [-0.05, 0) is 68.4 Å². The van der Waals surface area contributed by atoms with Gasteiger partial charge in [-0.1, -0.05) is 5.21 Å². The van der Waals surface area contributed by atoms with E-state index in [0.29, 0.717) is 17.4 Å². The monoisotopic (exact) mass is 385 g/mol. The van der Waals surface area contributed by atoms with Crippen molar-refractivity contribution in [3.63, 3.8) is 0 Å². The molecule has 1 fully saturated rings. The van der Waals surface area contributed by atoms with E-state index in [2.05, 4.69) is 37.7 Å². The van der Waals surface area contributed by atoms with Crippen LogP contribution in [0.15, 0.2) is 36.8 Å². The summed E-state index contributed by atoms with van der Waals surface area (Å²) in [4.78, 5) is 7.57. The molecule has 3 heterocycles. The summed E-state index contributed by atoms with van der Waals surface area (Å²) in [5.74, 6) is 1.10. The molecule has 0 bridgehead atoms. The lowest BCUT2D eigenvalue weighted by molar-refractivity contribution is 0.336. The number of benzene rings is 1. The summed E-state index contributed by atoms with van der Waals surface area (Å²) in [5.41, 5.74) is 6.03. The van der Waals surface area contributed by atoms with Crippen LogP contribution < -0.4 is 5.32 Å². The lowest BCUT2D eigenvalue weighted by Crippen LogP contribution is -2.21. The first-order valence-electron chi connectivity index (χ1n) is 10.1. The number of hydrogen-bond acceptors (Lipinski definition) is 5. The molecule has 4 aromatic rings. The minimum atomic E-state index is 0.445. The highest BCUT2D eigenvalue weighted by atomic mass is 15.4. The summed E-state index contributed by atoms with van der Waals surface area (Å²) in [7, 11) is 0. The van der Waals surface area contributed by atoms with E-state index in [-0.39, 0.29) is 0 Å². The molecule has 29 heavy (non-hydrogen) atoms. The van der Waals surface area contributed by atoms with Crippen molar-refractivity contribution in [1.82, 2.24) is 24.8 Å². The Morgan fingerprint density at radius 3 is 2.90 bits per heavy atom. The summed E-state index contributed by atoms with van der Waals surface area (Å²) in [6.07, 6.45) is 8.26. The highest BCUT2D eigenvalue weighted by Crippen LogP contribution is 2.37. The van der Waals surface area contributed by atoms with E-state index in [0.717, 1.165) is 52.9 Å². The summed E-state index contributed by atoms with van der Waals surface area (Å²) < 4.78 is 1.80. The van der Waals surface area contributed by atoms with Gasteiger partial charge in [0.25, 0.3) is 0 Å². The fraction of sp³-hybridized carbons (Fsp3) is 0.364. The summed E-state index contributed by atoms with van der Waals surface area (Å²) in [6.45, 7) is 3.02. The van der Waals surface area contributed by atoms with Crippen LogP contribution in [0.5, 0.6) is 0 Å². The molecule has 2 N–H and O–H groups in total. The van der Waals surface area contributed by atoms with E-state index in [1.165, 1.54) is 12.8 Å². The van der Waals surface area contributed by atoms with Crippen molar-refractivity contribution in [2.75, 3.05) is 11.9 Å². The molecular formula is C22H23N7. The highest BCUT2D eigenvalue weighted by Gasteiger charge is 2.27. The average Bonchev–Trinajstić information content (AvgIpc) is 3.39.